The number of hydrogen-bond acceptors (Lipinski definition) is 5. The van der Waals surface area contributed by atoms with Crippen molar-refractivity contribution < 1.29 is 14.3 Å². The second-order valence-electron chi connectivity index (χ2n) is 7.12. The molecule has 0 aliphatic carbocycles. The second-order valence-corrected chi connectivity index (χ2v) is 7.12. The summed E-state index contributed by atoms with van der Waals surface area (Å²) in [6.45, 7) is 0.905. The number of rotatable bonds is 9. The fourth-order valence-corrected chi connectivity index (χ4v) is 3.23. The molecule has 0 heterocycles. The minimum Gasteiger partial charge on any atom is -0.468 e. The number of carbonyl (C=O) groups excluding carboxylic acids is 2. The minimum atomic E-state index is -0.658. The molecule has 5 nitrogen and oxygen atoms in total. The number of nitrogens with two attached hydrogens (primary N) is 1. The first-order chi connectivity index (χ1) is 14.6. The van der Waals surface area contributed by atoms with Crippen molar-refractivity contribution in [3.8, 4) is 11.1 Å². The monoisotopic (exact) mass is 402 g/mol. The van der Waals surface area contributed by atoms with Gasteiger partial charge in [0, 0.05) is 12.1 Å². The Hall–Kier alpha value is -3.28. The molecule has 1 atom stereocenters. The van der Waals surface area contributed by atoms with Gasteiger partial charge in [-0.1, -0.05) is 72.8 Å². The van der Waals surface area contributed by atoms with E-state index in [4.69, 9.17) is 5.73 Å². The molecule has 3 aromatic carbocycles. The highest BCUT2D eigenvalue weighted by Gasteiger charge is 2.14. The molecule has 3 aromatic rings. The third-order valence-electron chi connectivity index (χ3n) is 4.88. The van der Waals surface area contributed by atoms with Crippen molar-refractivity contribution in [3.05, 3.63) is 95.6 Å². The lowest BCUT2D eigenvalue weighted by molar-refractivity contribution is -0.142. The van der Waals surface area contributed by atoms with E-state index in [1.807, 2.05) is 72.8 Å². The van der Waals surface area contributed by atoms with E-state index in [-0.39, 0.29) is 5.78 Å². The van der Waals surface area contributed by atoms with Gasteiger partial charge in [0.05, 0.1) is 13.7 Å². The van der Waals surface area contributed by atoms with Gasteiger partial charge in [0.15, 0.2) is 5.78 Å². The number of hydrogen-bond donors (Lipinski definition) is 2. The molecule has 0 radical (unpaired) electrons. The molecule has 0 aliphatic heterocycles. The van der Waals surface area contributed by atoms with Crippen LogP contribution in [0.5, 0.6) is 0 Å². The lowest BCUT2D eigenvalue weighted by atomic mass is 9.99. The average molecular weight is 402 g/mol. The Balaban J connectivity index is 1.58. The molecule has 30 heavy (non-hydrogen) atoms. The number of Topliss-reactive ketones (excluding diaryl/α,β-unsaturated/α-hetero) is 1. The SMILES string of the molecule is COC(=O)[C@@H](N)Cc1ccc(-c2cccc(CNCC(=O)c3ccccc3)c2)cc1. The van der Waals surface area contributed by atoms with Gasteiger partial charge < -0.3 is 15.8 Å². The molecule has 0 fully saturated rings. The summed E-state index contributed by atoms with van der Waals surface area (Å²) in [5.74, 6) is -0.336. The van der Waals surface area contributed by atoms with Crippen LogP contribution in [0.2, 0.25) is 0 Å². The van der Waals surface area contributed by atoms with Crippen LogP contribution in [0.25, 0.3) is 11.1 Å². The lowest BCUT2D eigenvalue weighted by Crippen LogP contribution is -2.33. The predicted octanol–water partition coefficient (Wildman–Crippen LogP) is 3.37. The van der Waals surface area contributed by atoms with E-state index in [9.17, 15) is 9.59 Å². The Kier molecular flexibility index (Phi) is 7.49. The van der Waals surface area contributed by atoms with Gasteiger partial charge in [-0.05, 0) is 34.7 Å². The second kappa shape index (κ2) is 10.5. The Bertz CT molecular complexity index is 985. The Labute approximate surface area is 176 Å². The highest BCUT2D eigenvalue weighted by Crippen LogP contribution is 2.21. The molecule has 0 saturated heterocycles. The van der Waals surface area contributed by atoms with Crippen molar-refractivity contribution in [2.24, 2.45) is 5.73 Å². The Morgan fingerprint density at radius 3 is 2.33 bits per heavy atom. The van der Waals surface area contributed by atoms with Gasteiger partial charge in [0.2, 0.25) is 0 Å². The van der Waals surface area contributed by atoms with Crippen LogP contribution in [0.1, 0.15) is 21.5 Å². The van der Waals surface area contributed by atoms with Gasteiger partial charge in [-0.25, -0.2) is 0 Å². The number of ether oxygens (including phenoxy) is 1. The molecule has 154 valence electrons. The number of methoxy groups -OCH3 is 1. The van der Waals surface area contributed by atoms with Crippen LogP contribution in [0, 0.1) is 0 Å². The highest BCUT2D eigenvalue weighted by molar-refractivity contribution is 5.97. The largest absolute Gasteiger partial charge is 0.468 e. The fraction of sp³-hybridized carbons (Fsp3) is 0.200. The Morgan fingerprint density at radius 2 is 1.63 bits per heavy atom. The highest BCUT2D eigenvalue weighted by atomic mass is 16.5. The zero-order valence-corrected chi connectivity index (χ0v) is 17.0. The molecule has 3 rings (SSSR count). The van der Waals surface area contributed by atoms with Crippen LogP contribution in [0.15, 0.2) is 78.9 Å². The number of ketones is 1. The third-order valence-corrected chi connectivity index (χ3v) is 4.88. The molecule has 0 aliphatic rings. The van der Waals surface area contributed by atoms with Crippen molar-refractivity contribution in [1.29, 1.82) is 0 Å². The fourth-order valence-electron chi connectivity index (χ4n) is 3.23. The normalized spacial score (nSPS) is 11.7. The summed E-state index contributed by atoms with van der Waals surface area (Å²) in [7, 11) is 1.34. The van der Waals surface area contributed by atoms with Gasteiger partial charge in [0.25, 0.3) is 0 Å². The molecule has 0 saturated carbocycles. The number of nitrogens with one attached hydrogen (secondary N) is 1. The van der Waals surface area contributed by atoms with E-state index in [0.717, 1.165) is 22.3 Å². The average Bonchev–Trinajstić information content (AvgIpc) is 2.79. The lowest BCUT2D eigenvalue weighted by Gasteiger charge is -2.10. The van der Waals surface area contributed by atoms with E-state index >= 15 is 0 Å². The zero-order chi connectivity index (χ0) is 21.3. The first kappa shape index (κ1) is 21.4. The van der Waals surface area contributed by atoms with E-state index < -0.39 is 12.0 Å². The molecule has 0 spiro atoms. The van der Waals surface area contributed by atoms with Gasteiger partial charge in [0.1, 0.15) is 6.04 Å². The van der Waals surface area contributed by atoms with E-state index in [1.54, 1.807) is 0 Å². The maximum absolute atomic E-state index is 12.2. The minimum absolute atomic E-state index is 0.0764. The van der Waals surface area contributed by atoms with Gasteiger partial charge >= 0.3 is 5.97 Å². The topological polar surface area (TPSA) is 81.4 Å². The van der Waals surface area contributed by atoms with Crippen molar-refractivity contribution in [2.45, 2.75) is 19.0 Å². The van der Waals surface area contributed by atoms with Crippen LogP contribution in [-0.2, 0) is 22.5 Å². The molecule has 0 unspecified atom stereocenters. The molecular formula is C25H26N2O3. The van der Waals surface area contributed by atoms with Crippen molar-refractivity contribution in [2.75, 3.05) is 13.7 Å². The van der Waals surface area contributed by atoms with Crippen molar-refractivity contribution >= 4 is 11.8 Å². The predicted molar refractivity (Wildman–Crippen MR) is 118 cm³/mol. The first-order valence-electron chi connectivity index (χ1n) is 9.87. The number of esters is 1. The van der Waals surface area contributed by atoms with Crippen LogP contribution >= 0.6 is 0 Å². The molecule has 0 bridgehead atoms. The molecule has 3 N–H and O–H groups in total. The molecular weight excluding hydrogens is 376 g/mol. The summed E-state index contributed by atoms with van der Waals surface area (Å²) >= 11 is 0. The van der Waals surface area contributed by atoms with E-state index in [0.29, 0.717) is 25.1 Å². The summed E-state index contributed by atoms with van der Waals surface area (Å²) in [4.78, 5) is 23.7. The van der Waals surface area contributed by atoms with Gasteiger partial charge in [-0.3, -0.25) is 9.59 Å². The first-order valence-corrected chi connectivity index (χ1v) is 9.87. The maximum atomic E-state index is 12.2. The van der Waals surface area contributed by atoms with E-state index in [1.165, 1.54) is 7.11 Å². The van der Waals surface area contributed by atoms with Gasteiger partial charge in [-0.2, -0.15) is 0 Å². The quantitative estimate of drug-likeness (QED) is 0.424. The summed E-state index contributed by atoms with van der Waals surface area (Å²) < 4.78 is 4.67. The van der Waals surface area contributed by atoms with Crippen LogP contribution < -0.4 is 11.1 Å². The standard InChI is InChI=1S/C25H26N2O3/c1-30-25(29)23(26)15-18-10-12-20(13-11-18)22-9-5-6-19(14-22)16-27-17-24(28)21-7-3-2-4-8-21/h2-14,23,27H,15-17,26H2,1H3/t23-/m0/s1. The molecule has 0 amide bonds. The zero-order valence-electron chi connectivity index (χ0n) is 17.0. The van der Waals surface area contributed by atoms with E-state index in [2.05, 4.69) is 16.1 Å². The third kappa shape index (κ3) is 5.86. The number of carbonyl (C=O) groups is 2. The molecule has 5 heteroatoms. The van der Waals surface area contributed by atoms with Crippen LogP contribution in [0.4, 0.5) is 0 Å². The summed E-state index contributed by atoms with van der Waals surface area (Å²) in [6.07, 6.45) is 0.437. The van der Waals surface area contributed by atoms with Crippen LogP contribution in [0.3, 0.4) is 0 Å². The Morgan fingerprint density at radius 1 is 0.900 bits per heavy atom. The number of benzene rings is 3. The maximum Gasteiger partial charge on any atom is 0.322 e. The molecule has 0 aromatic heterocycles. The van der Waals surface area contributed by atoms with Crippen LogP contribution in [-0.4, -0.2) is 31.4 Å². The summed E-state index contributed by atoms with van der Waals surface area (Å²) in [5, 5.41) is 3.22. The summed E-state index contributed by atoms with van der Waals surface area (Å²) in [6, 6.07) is 24.8. The smallest absolute Gasteiger partial charge is 0.322 e. The van der Waals surface area contributed by atoms with Crippen molar-refractivity contribution in [1.82, 2.24) is 5.32 Å². The van der Waals surface area contributed by atoms with Gasteiger partial charge in [-0.15, -0.1) is 0 Å². The summed E-state index contributed by atoms with van der Waals surface area (Å²) in [5.41, 5.74) is 10.8. The van der Waals surface area contributed by atoms with Crippen molar-refractivity contribution in [3.63, 3.8) is 0 Å².